The van der Waals surface area contributed by atoms with Crippen molar-refractivity contribution in [1.29, 1.82) is 0 Å². The van der Waals surface area contributed by atoms with Gasteiger partial charge in [0.05, 0.1) is 0 Å². The first-order valence-electron chi connectivity index (χ1n) is 8.42. The van der Waals surface area contributed by atoms with Gasteiger partial charge in [0.2, 0.25) is 5.91 Å². The molecule has 0 unspecified atom stereocenters. The second-order valence-corrected chi connectivity index (χ2v) is 6.32. The lowest BCUT2D eigenvalue weighted by Crippen LogP contribution is -2.32. The van der Waals surface area contributed by atoms with Crippen LogP contribution in [-0.2, 0) is 24.2 Å². The number of hydrogen-bond donors (Lipinski definition) is 1. The fourth-order valence-corrected chi connectivity index (χ4v) is 3.42. The van der Waals surface area contributed by atoms with E-state index in [-0.39, 0.29) is 0 Å². The van der Waals surface area contributed by atoms with Gasteiger partial charge in [-0.15, -0.1) is 0 Å². The monoisotopic (exact) mass is 286 g/mol. The Bertz CT molecular complexity index is 490. The zero-order valence-electron chi connectivity index (χ0n) is 12.9. The number of hydrogen-bond acceptors (Lipinski definition) is 2. The average molecular weight is 286 g/mol. The Morgan fingerprint density at radius 2 is 1.90 bits per heavy atom. The molecule has 0 saturated carbocycles. The maximum atomic E-state index is 12.3. The Hall–Kier alpha value is -1.35. The lowest BCUT2D eigenvalue weighted by Gasteiger charge is -2.21. The highest BCUT2D eigenvalue weighted by Gasteiger charge is 2.15. The summed E-state index contributed by atoms with van der Waals surface area (Å²) in [6.45, 7) is 3.99. The van der Waals surface area contributed by atoms with E-state index in [2.05, 4.69) is 28.4 Å². The summed E-state index contributed by atoms with van der Waals surface area (Å²) in [5.74, 6) is 0.341. The highest BCUT2D eigenvalue weighted by Crippen LogP contribution is 2.18. The van der Waals surface area contributed by atoms with Gasteiger partial charge < -0.3 is 10.2 Å². The lowest BCUT2D eigenvalue weighted by molar-refractivity contribution is -0.131. The van der Waals surface area contributed by atoms with Crippen molar-refractivity contribution in [3.63, 3.8) is 0 Å². The Kier molecular flexibility index (Phi) is 4.91. The van der Waals surface area contributed by atoms with E-state index in [9.17, 15) is 4.79 Å². The van der Waals surface area contributed by atoms with Gasteiger partial charge in [0, 0.05) is 26.1 Å². The molecular formula is C18H26N2O. The zero-order chi connectivity index (χ0) is 14.5. The van der Waals surface area contributed by atoms with Crippen LogP contribution in [0.1, 0.15) is 48.8 Å². The third-order valence-corrected chi connectivity index (χ3v) is 4.74. The van der Waals surface area contributed by atoms with Gasteiger partial charge in [0.25, 0.3) is 0 Å². The molecule has 1 N–H and O–H groups in total. The van der Waals surface area contributed by atoms with E-state index < -0.39 is 0 Å². The normalized spacial score (nSPS) is 19.0. The first-order chi connectivity index (χ1) is 10.3. The predicted octanol–water partition coefficient (Wildman–Crippen LogP) is 2.67. The van der Waals surface area contributed by atoms with Gasteiger partial charge in [-0.1, -0.05) is 31.0 Å². The molecule has 1 aromatic rings. The Balaban J connectivity index is 1.55. The number of fused-ring (bicyclic) bond motifs is 1. The van der Waals surface area contributed by atoms with Crippen LogP contribution in [0.25, 0.3) is 0 Å². The second-order valence-electron chi connectivity index (χ2n) is 6.32. The molecule has 21 heavy (non-hydrogen) atoms. The molecule has 2 heterocycles. The van der Waals surface area contributed by atoms with E-state index >= 15 is 0 Å². The number of benzene rings is 1. The van der Waals surface area contributed by atoms with Gasteiger partial charge in [-0.25, -0.2) is 0 Å². The van der Waals surface area contributed by atoms with E-state index in [0.29, 0.717) is 12.3 Å². The summed E-state index contributed by atoms with van der Waals surface area (Å²) < 4.78 is 0. The van der Waals surface area contributed by atoms with Crippen LogP contribution < -0.4 is 5.32 Å². The molecule has 0 spiro atoms. The van der Waals surface area contributed by atoms with Crippen LogP contribution in [0, 0.1) is 0 Å². The van der Waals surface area contributed by atoms with Crippen LogP contribution >= 0.6 is 0 Å². The molecule has 3 rings (SSSR count). The molecule has 1 aromatic carbocycles. The molecule has 2 aliphatic heterocycles. The maximum Gasteiger partial charge on any atom is 0.222 e. The van der Waals surface area contributed by atoms with Crippen molar-refractivity contribution < 1.29 is 4.79 Å². The van der Waals surface area contributed by atoms with E-state index in [4.69, 9.17) is 0 Å². The zero-order valence-corrected chi connectivity index (χ0v) is 12.9. The number of amides is 1. The van der Waals surface area contributed by atoms with Gasteiger partial charge in [0.1, 0.15) is 0 Å². The smallest absolute Gasteiger partial charge is 0.222 e. The largest absolute Gasteiger partial charge is 0.343 e. The molecule has 114 valence electrons. The van der Waals surface area contributed by atoms with Crippen LogP contribution in [0.5, 0.6) is 0 Å². The van der Waals surface area contributed by atoms with Crippen LogP contribution in [0.15, 0.2) is 18.2 Å². The van der Waals surface area contributed by atoms with E-state index in [1.807, 2.05) is 0 Å². The minimum Gasteiger partial charge on any atom is -0.343 e. The quantitative estimate of drug-likeness (QED) is 0.926. The molecule has 0 aliphatic carbocycles. The summed E-state index contributed by atoms with van der Waals surface area (Å²) in [5, 5.41) is 3.42. The molecule has 1 fully saturated rings. The number of likely N-dealkylation sites (tertiary alicyclic amines) is 1. The van der Waals surface area contributed by atoms with Gasteiger partial charge in [-0.3, -0.25) is 4.79 Å². The van der Waals surface area contributed by atoms with Crippen molar-refractivity contribution in [3.8, 4) is 0 Å². The molecule has 3 heteroatoms. The number of aryl methyl sites for hydroxylation is 1. The topological polar surface area (TPSA) is 32.3 Å². The first-order valence-corrected chi connectivity index (χ1v) is 8.42. The van der Waals surface area contributed by atoms with Crippen LogP contribution in [0.3, 0.4) is 0 Å². The molecule has 1 amide bonds. The average Bonchev–Trinajstić information content (AvgIpc) is 2.81. The highest BCUT2D eigenvalue weighted by molar-refractivity contribution is 5.76. The summed E-state index contributed by atoms with van der Waals surface area (Å²) in [5.41, 5.74) is 4.19. The highest BCUT2D eigenvalue weighted by atomic mass is 16.2. The Morgan fingerprint density at radius 3 is 2.71 bits per heavy atom. The third kappa shape index (κ3) is 3.85. The van der Waals surface area contributed by atoms with Crippen LogP contribution in [-0.4, -0.2) is 30.4 Å². The van der Waals surface area contributed by atoms with Crippen LogP contribution in [0.4, 0.5) is 0 Å². The number of rotatable bonds is 3. The van der Waals surface area contributed by atoms with Gasteiger partial charge in [-0.05, 0) is 48.9 Å². The van der Waals surface area contributed by atoms with E-state index in [1.165, 1.54) is 42.4 Å². The molecular weight excluding hydrogens is 260 g/mol. The summed E-state index contributed by atoms with van der Waals surface area (Å²) in [6.07, 6.45) is 7.58. The number of nitrogens with zero attached hydrogens (tertiary/aromatic N) is 1. The summed E-state index contributed by atoms with van der Waals surface area (Å²) in [6, 6.07) is 6.75. The summed E-state index contributed by atoms with van der Waals surface area (Å²) in [7, 11) is 0. The minimum atomic E-state index is 0.341. The minimum absolute atomic E-state index is 0.341. The van der Waals surface area contributed by atoms with Crippen molar-refractivity contribution in [2.45, 2.75) is 51.5 Å². The van der Waals surface area contributed by atoms with Crippen molar-refractivity contribution in [3.05, 3.63) is 34.9 Å². The number of nitrogens with one attached hydrogen (secondary N) is 1. The van der Waals surface area contributed by atoms with Crippen LogP contribution in [0.2, 0.25) is 0 Å². The maximum absolute atomic E-state index is 12.3. The van der Waals surface area contributed by atoms with E-state index in [1.54, 1.807) is 0 Å². The summed E-state index contributed by atoms with van der Waals surface area (Å²) >= 11 is 0. The lowest BCUT2D eigenvalue weighted by atomic mass is 9.97. The number of carbonyl (C=O) groups is 1. The fourth-order valence-electron chi connectivity index (χ4n) is 3.42. The van der Waals surface area contributed by atoms with Gasteiger partial charge in [0.15, 0.2) is 0 Å². The van der Waals surface area contributed by atoms with E-state index in [0.717, 1.165) is 39.0 Å². The SMILES string of the molecule is O=C(CCc1ccc2c(c1)CNCC2)N1CCCCCC1. The predicted molar refractivity (Wildman–Crippen MR) is 85.2 cm³/mol. The Labute approximate surface area is 127 Å². The second kappa shape index (κ2) is 7.08. The van der Waals surface area contributed by atoms with Gasteiger partial charge >= 0.3 is 0 Å². The standard InChI is InChI=1S/C18H26N2O/c21-18(20-11-3-1-2-4-12-20)8-6-15-5-7-16-9-10-19-14-17(16)13-15/h5,7,13,19H,1-4,6,8-12,14H2. The van der Waals surface area contributed by atoms with Crippen molar-refractivity contribution in [2.75, 3.05) is 19.6 Å². The van der Waals surface area contributed by atoms with Crippen molar-refractivity contribution >= 4 is 5.91 Å². The molecule has 0 bridgehead atoms. The van der Waals surface area contributed by atoms with Crippen molar-refractivity contribution in [2.24, 2.45) is 0 Å². The molecule has 3 nitrogen and oxygen atoms in total. The third-order valence-electron chi connectivity index (χ3n) is 4.74. The summed E-state index contributed by atoms with van der Waals surface area (Å²) in [4.78, 5) is 14.4. The molecule has 2 aliphatic rings. The molecule has 1 saturated heterocycles. The molecule has 0 radical (unpaired) electrons. The molecule has 0 aromatic heterocycles. The first kappa shape index (κ1) is 14.6. The van der Waals surface area contributed by atoms with Gasteiger partial charge in [-0.2, -0.15) is 0 Å². The van der Waals surface area contributed by atoms with Crippen molar-refractivity contribution in [1.82, 2.24) is 10.2 Å². The number of carbonyl (C=O) groups excluding carboxylic acids is 1. The Morgan fingerprint density at radius 1 is 1.10 bits per heavy atom. The fraction of sp³-hybridized carbons (Fsp3) is 0.611. The molecule has 0 atom stereocenters.